The smallest absolute Gasteiger partial charge is 0.270 e. The lowest BCUT2D eigenvalue weighted by molar-refractivity contribution is -0.188. The second-order valence-corrected chi connectivity index (χ2v) is 8.04. The number of amides is 1. The summed E-state index contributed by atoms with van der Waals surface area (Å²) < 4.78 is 13.9. The van der Waals surface area contributed by atoms with Crippen molar-refractivity contribution in [3.05, 3.63) is 40.1 Å². The molecule has 0 aliphatic carbocycles. The molecule has 1 spiro atoms. The van der Waals surface area contributed by atoms with Crippen LogP contribution in [0.2, 0.25) is 0 Å². The van der Waals surface area contributed by atoms with E-state index in [1.807, 2.05) is 47.1 Å². The maximum Gasteiger partial charge on any atom is 0.270 e. The number of carbonyl (C=O) groups is 1. The summed E-state index contributed by atoms with van der Waals surface area (Å²) in [4.78, 5) is 18.8. The van der Waals surface area contributed by atoms with E-state index in [9.17, 15) is 4.79 Å². The van der Waals surface area contributed by atoms with E-state index in [0.717, 1.165) is 29.2 Å². The fraction of sp³-hybridized carbons (Fsp3) is 0.556. The number of rotatable bonds is 4. The van der Waals surface area contributed by atoms with Crippen LogP contribution in [0.5, 0.6) is 0 Å². The first-order valence-electron chi connectivity index (χ1n) is 8.62. The minimum Gasteiger partial charge on any atom is -0.372 e. The molecule has 0 aromatic carbocycles. The minimum atomic E-state index is -0.234. The molecule has 2 aliphatic rings. The molecule has 7 heteroatoms. The highest BCUT2D eigenvalue weighted by Gasteiger charge is 2.50. The van der Waals surface area contributed by atoms with Crippen molar-refractivity contribution in [1.29, 1.82) is 0 Å². The zero-order valence-electron chi connectivity index (χ0n) is 14.6. The summed E-state index contributed by atoms with van der Waals surface area (Å²) in [6.07, 6.45) is 3.80. The second-order valence-electron chi connectivity index (χ2n) is 6.98. The van der Waals surface area contributed by atoms with Crippen molar-refractivity contribution in [3.63, 3.8) is 0 Å². The van der Waals surface area contributed by atoms with Crippen molar-refractivity contribution in [1.82, 2.24) is 14.5 Å². The zero-order valence-corrected chi connectivity index (χ0v) is 15.4. The Balaban J connectivity index is 1.31. The Morgan fingerprint density at radius 1 is 1.52 bits per heavy atom. The third-order valence-electron chi connectivity index (χ3n) is 4.99. The number of aryl methyl sites for hydroxylation is 2. The van der Waals surface area contributed by atoms with Gasteiger partial charge in [0.25, 0.3) is 5.91 Å². The van der Waals surface area contributed by atoms with Crippen LogP contribution < -0.4 is 0 Å². The Hall–Kier alpha value is -1.70. The van der Waals surface area contributed by atoms with Crippen LogP contribution in [0.25, 0.3) is 0 Å². The van der Waals surface area contributed by atoms with Crippen LogP contribution in [-0.4, -0.2) is 51.8 Å². The zero-order chi connectivity index (χ0) is 17.4. The molecule has 1 amide bonds. The summed E-state index contributed by atoms with van der Waals surface area (Å²) in [7, 11) is 1.89. The molecule has 2 aliphatic heterocycles. The van der Waals surface area contributed by atoms with E-state index in [0.29, 0.717) is 26.3 Å². The molecule has 4 heterocycles. The van der Waals surface area contributed by atoms with Gasteiger partial charge in [0.1, 0.15) is 11.3 Å². The van der Waals surface area contributed by atoms with E-state index in [4.69, 9.17) is 9.47 Å². The van der Waals surface area contributed by atoms with Crippen molar-refractivity contribution in [2.75, 3.05) is 19.7 Å². The third-order valence-corrected chi connectivity index (χ3v) is 5.81. The van der Waals surface area contributed by atoms with Crippen molar-refractivity contribution < 1.29 is 14.3 Å². The number of aromatic nitrogens is 2. The summed E-state index contributed by atoms with van der Waals surface area (Å²) in [6, 6.07) is 3.75. The molecular weight excluding hydrogens is 338 g/mol. The molecule has 0 bridgehead atoms. The van der Waals surface area contributed by atoms with Crippen LogP contribution in [-0.2, 0) is 23.1 Å². The predicted molar refractivity (Wildman–Crippen MR) is 94.7 cm³/mol. The lowest BCUT2D eigenvalue weighted by Crippen LogP contribution is -2.67. The Bertz CT molecular complexity index is 763. The number of likely N-dealkylation sites (tertiary alicyclic amines) is 1. The summed E-state index contributed by atoms with van der Waals surface area (Å²) >= 11 is 1.65. The quantitative estimate of drug-likeness (QED) is 0.839. The van der Waals surface area contributed by atoms with E-state index < -0.39 is 0 Å². The highest BCUT2D eigenvalue weighted by molar-refractivity contribution is 7.09. The first-order chi connectivity index (χ1) is 12.0. The van der Waals surface area contributed by atoms with Gasteiger partial charge in [-0.1, -0.05) is 0 Å². The topological polar surface area (TPSA) is 56.6 Å². The lowest BCUT2D eigenvalue weighted by Gasteiger charge is -2.52. The fourth-order valence-electron chi connectivity index (χ4n) is 3.66. The highest BCUT2D eigenvalue weighted by atomic mass is 32.1. The van der Waals surface area contributed by atoms with Crippen LogP contribution in [0.15, 0.2) is 23.7 Å². The van der Waals surface area contributed by atoms with Crippen molar-refractivity contribution in [3.8, 4) is 0 Å². The van der Waals surface area contributed by atoms with Gasteiger partial charge in [0, 0.05) is 31.7 Å². The normalized spacial score (nSPS) is 22.2. The fourth-order valence-corrected chi connectivity index (χ4v) is 4.26. The molecule has 6 nitrogen and oxygen atoms in total. The molecule has 0 radical (unpaired) electrons. The molecule has 2 aromatic rings. The van der Waals surface area contributed by atoms with E-state index in [1.165, 1.54) is 0 Å². The number of carbonyl (C=O) groups excluding carboxylic acids is 1. The van der Waals surface area contributed by atoms with Crippen LogP contribution >= 0.6 is 11.3 Å². The van der Waals surface area contributed by atoms with E-state index in [2.05, 4.69) is 4.98 Å². The molecule has 1 atom stereocenters. The Morgan fingerprint density at radius 2 is 2.36 bits per heavy atom. The van der Waals surface area contributed by atoms with E-state index in [-0.39, 0.29) is 17.6 Å². The van der Waals surface area contributed by atoms with Gasteiger partial charge in [0.15, 0.2) is 0 Å². The summed E-state index contributed by atoms with van der Waals surface area (Å²) in [5.74, 6) is 0.0720. The first-order valence-corrected chi connectivity index (χ1v) is 9.50. The highest BCUT2D eigenvalue weighted by Crippen LogP contribution is 2.36. The molecule has 0 saturated carbocycles. The summed E-state index contributed by atoms with van der Waals surface area (Å²) in [5, 5.41) is 3.12. The molecular formula is C18H23N3O3S. The molecule has 25 heavy (non-hydrogen) atoms. The van der Waals surface area contributed by atoms with Crippen LogP contribution in [0.4, 0.5) is 0 Å². The van der Waals surface area contributed by atoms with Gasteiger partial charge in [-0.2, -0.15) is 0 Å². The van der Waals surface area contributed by atoms with Gasteiger partial charge in [0.2, 0.25) is 0 Å². The molecule has 134 valence electrons. The molecule has 4 rings (SSSR count). The predicted octanol–water partition coefficient (Wildman–Crippen LogP) is 2.38. The first kappa shape index (κ1) is 16.8. The number of hydrogen-bond acceptors (Lipinski definition) is 5. The monoisotopic (exact) mass is 361 g/mol. The minimum absolute atomic E-state index is 0.0720. The van der Waals surface area contributed by atoms with Crippen molar-refractivity contribution in [2.24, 2.45) is 7.05 Å². The van der Waals surface area contributed by atoms with E-state index >= 15 is 0 Å². The van der Waals surface area contributed by atoms with Gasteiger partial charge in [-0.25, -0.2) is 4.98 Å². The van der Waals surface area contributed by atoms with Gasteiger partial charge in [-0.3, -0.25) is 4.79 Å². The van der Waals surface area contributed by atoms with Gasteiger partial charge in [0.05, 0.1) is 36.5 Å². The Kier molecular flexibility index (Phi) is 4.39. The average Bonchev–Trinajstić information content (AvgIpc) is 3.18. The molecule has 2 fully saturated rings. The number of nitrogens with zero attached hydrogens (tertiary/aromatic N) is 3. The standard InChI is InChI=1S/C18H23N3O3S/c1-13-19-14(10-25-13)9-23-15-5-7-24-18(8-15)11-21(12-18)17(22)16-4-3-6-20(16)2/h3-4,6,10,15H,5,7-9,11-12H2,1-2H3. The van der Waals surface area contributed by atoms with Crippen LogP contribution in [0, 0.1) is 6.92 Å². The maximum absolute atomic E-state index is 12.5. The Labute approximate surface area is 151 Å². The average molecular weight is 361 g/mol. The molecule has 1 unspecified atom stereocenters. The van der Waals surface area contributed by atoms with Gasteiger partial charge in [-0.15, -0.1) is 11.3 Å². The SMILES string of the molecule is Cc1nc(COC2CCOC3(C2)CN(C(=O)c2cccn2C)C3)cs1. The van der Waals surface area contributed by atoms with Crippen LogP contribution in [0.3, 0.4) is 0 Å². The van der Waals surface area contributed by atoms with Crippen molar-refractivity contribution >= 4 is 17.2 Å². The lowest BCUT2D eigenvalue weighted by atomic mass is 9.84. The van der Waals surface area contributed by atoms with Crippen molar-refractivity contribution in [2.45, 2.75) is 38.1 Å². The number of hydrogen-bond donors (Lipinski definition) is 0. The molecule has 2 aromatic heterocycles. The number of thiazole rings is 1. The van der Waals surface area contributed by atoms with Crippen LogP contribution in [0.1, 0.15) is 34.0 Å². The van der Waals surface area contributed by atoms with E-state index in [1.54, 1.807) is 11.3 Å². The summed E-state index contributed by atoms with van der Waals surface area (Å²) in [6.45, 7) is 4.54. The molecule has 0 N–H and O–H groups in total. The second kappa shape index (κ2) is 6.55. The van der Waals surface area contributed by atoms with Gasteiger partial charge in [-0.05, 0) is 25.5 Å². The third kappa shape index (κ3) is 3.36. The largest absolute Gasteiger partial charge is 0.372 e. The summed E-state index contributed by atoms with van der Waals surface area (Å²) in [5.41, 5.74) is 1.48. The van der Waals surface area contributed by atoms with Gasteiger partial charge >= 0.3 is 0 Å². The number of ether oxygens (including phenoxy) is 2. The maximum atomic E-state index is 12.5. The Morgan fingerprint density at radius 3 is 3.04 bits per heavy atom. The van der Waals surface area contributed by atoms with Gasteiger partial charge < -0.3 is 18.9 Å². The molecule has 2 saturated heterocycles.